The van der Waals surface area contributed by atoms with Crippen LogP contribution in [0.1, 0.15) is 10.6 Å². The van der Waals surface area contributed by atoms with Gasteiger partial charge in [-0.05, 0) is 30.3 Å². The topological polar surface area (TPSA) is 69.7 Å². The number of Topliss-reactive ketones (excluding diaryl/α,β-unsaturated/α-hetero) is 1. The van der Waals surface area contributed by atoms with Gasteiger partial charge in [0.25, 0.3) is 0 Å². The summed E-state index contributed by atoms with van der Waals surface area (Å²) in [5, 5.41) is 1.49. The maximum absolute atomic E-state index is 13.2. The fourth-order valence-corrected chi connectivity index (χ4v) is 3.56. The van der Waals surface area contributed by atoms with Gasteiger partial charge in [-0.1, -0.05) is 60.1 Å². The lowest BCUT2D eigenvalue weighted by atomic mass is 10.1. The number of benzene rings is 3. The highest BCUT2D eigenvalue weighted by Crippen LogP contribution is 2.32. The predicted octanol–water partition coefficient (Wildman–Crippen LogP) is 6.12. The minimum absolute atomic E-state index is 0.0505. The zero-order chi connectivity index (χ0) is 21.4. The summed E-state index contributed by atoms with van der Waals surface area (Å²) in [5.41, 5.74) is 1.24. The summed E-state index contributed by atoms with van der Waals surface area (Å²) in [6.45, 7) is -0.378. The van der Waals surface area contributed by atoms with Crippen molar-refractivity contribution in [1.29, 1.82) is 0 Å². The van der Waals surface area contributed by atoms with Crippen LogP contribution in [0.25, 0.3) is 33.3 Å². The van der Waals surface area contributed by atoms with Gasteiger partial charge in [0, 0.05) is 16.0 Å². The lowest BCUT2D eigenvalue weighted by Crippen LogP contribution is -2.16. The molecule has 0 radical (unpaired) electrons. The molecular formula is C25H15ClO5. The lowest BCUT2D eigenvalue weighted by molar-refractivity contribution is 0.0894. The minimum Gasteiger partial charge on any atom is -0.478 e. The number of para-hydroxylation sites is 1. The van der Waals surface area contributed by atoms with Crippen LogP contribution in [0.15, 0.2) is 92.5 Å². The molecule has 0 amide bonds. The Morgan fingerprint density at radius 1 is 0.871 bits per heavy atom. The van der Waals surface area contributed by atoms with E-state index in [4.69, 9.17) is 25.2 Å². The molecule has 5 aromatic rings. The summed E-state index contributed by atoms with van der Waals surface area (Å²) >= 11 is 6.06. The fraction of sp³-hybridized carbons (Fsp3) is 0.0400. The first-order chi connectivity index (χ1) is 15.1. The summed E-state index contributed by atoms with van der Waals surface area (Å²) in [6.07, 6.45) is 0. The number of ketones is 1. The molecule has 0 saturated heterocycles. The molecule has 0 saturated carbocycles. The molecule has 3 aromatic carbocycles. The summed E-state index contributed by atoms with van der Waals surface area (Å²) in [5.74, 6) is -0.0280. The quantitative estimate of drug-likeness (QED) is 0.314. The molecule has 5 nitrogen and oxygen atoms in total. The number of ether oxygens (including phenoxy) is 1. The Labute approximate surface area is 181 Å². The van der Waals surface area contributed by atoms with Crippen LogP contribution in [0, 0.1) is 0 Å². The van der Waals surface area contributed by atoms with Gasteiger partial charge in [0.2, 0.25) is 17.0 Å². The molecule has 0 fully saturated rings. The molecule has 0 aliphatic rings. The largest absolute Gasteiger partial charge is 0.478 e. The van der Waals surface area contributed by atoms with E-state index in [-0.39, 0.29) is 35.0 Å². The Hall–Kier alpha value is -3.83. The highest BCUT2D eigenvalue weighted by molar-refractivity contribution is 6.31. The van der Waals surface area contributed by atoms with Gasteiger partial charge in [0.15, 0.2) is 18.1 Å². The Morgan fingerprint density at radius 3 is 2.45 bits per heavy atom. The number of carbonyl (C=O) groups excluding carboxylic acids is 1. The van der Waals surface area contributed by atoms with Crippen molar-refractivity contribution in [1.82, 2.24) is 0 Å². The molecule has 5 rings (SSSR count). The second kappa shape index (κ2) is 7.78. The highest BCUT2D eigenvalue weighted by atomic mass is 35.5. The number of furan rings is 1. The van der Waals surface area contributed by atoms with E-state index >= 15 is 0 Å². The van der Waals surface area contributed by atoms with Crippen LogP contribution in [0.2, 0.25) is 5.02 Å². The first-order valence-corrected chi connectivity index (χ1v) is 9.94. The van der Waals surface area contributed by atoms with Crippen molar-refractivity contribution in [3.8, 4) is 17.1 Å². The first-order valence-electron chi connectivity index (χ1n) is 9.56. The first kappa shape index (κ1) is 19.2. The van der Waals surface area contributed by atoms with Crippen molar-refractivity contribution in [2.45, 2.75) is 0 Å². The van der Waals surface area contributed by atoms with Crippen LogP contribution in [-0.2, 0) is 0 Å². The van der Waals surface area contributed by atoms with Gasteiger partial charge in [-0.3, -0.25) is 9.59 Å². The zero-order valence-electron chi connectivity index (χ0n) is 16.1. The number of halogens is 1. The molecule has 0 atom stereocenters. The number of hydrogen-bond donors (Lipinski definition) is 0. The summed E-state index contributed by atoms with van der Waals surface area (Å²) in [4.78, 5) is 25.9. The summed E-state index contributed by atoms with van der Waals surface area (Å²) in [7, 11) is 0. The molecule has 0 bridgehead atoms. The molecule has 0 N–H and O–H groups in total. The predicted molar refractivity (Wildman–Crippen MR) is 119 cm³/mol. The van der Waals surface area contributed by atoms with Crippen LogP contribution < -0.4 is 10.2 Å². The standard InChI is InChI=1S/C25H15ClO5/c26-17-10-11-21-18(13-17)23(28)25(24(31-21)15-6-2-1-3-7-15)29-14-19(27)22-12-16-8-4-5-9-20(16)30-22/h1-13H,14H2. The van der Waals surface area contributed by atoms with E-state index in [9.17, 15) is 9.59 Å². The molecule has 0 spiro atoms. The Kier molecular flexibility index (Phi) is 4.81. The average molecular weight is 431 g/mol. The normalized spacial score (nSPS) is 11.1. The molecule has 0 aliphatic heterocycles. The zero-order valence-corrected chi connectivity index (χ0v) is 16.9. The maximum Gasteiger partial charge on any atom is 0.235 e. The highest BCUT2D eigenvalue weighted by Gasteiger charge is 2.20. The van der Waals surface area contributed by atoms with E-state index in [1.165, 1.54) is 6.07 Å². The van der Waals surface area contributed by atoms with Crippen molar-refractivity contribution in [2.24, 2.45) is 0 Å². The van der Waals surface area contributed by atoms with Crippen molar-refractivity contribution in [3.63, 3.8) is 0 Å². The Morgan fingerprint density at radius 2 is 1.65 bits per heavy atom. The molecule has 0 unspecified atom stereocenters. The van der Waals surface area contributed by atoms with Crippen LogP contribution >= 0.6 is 11.6 Å². The average Bonchev–Trinajstić information content (AvgIpc) is 3.23. The molecular weight excluding hydrogens is 416 g/mol. The Bertz CT molecular complexity index is 1450. The van der Waals surface area contributed by atoms with E-state index < -0.39 is 5.43 Å². The number of fused-ring (bicyclic) bond motifs is 2. The van der Waals surface area contributed by atoms with E-state index in [1.807, 2.05) is 36.4 Å². The maximum atomic E-state index is 13.2. The lowest BCUT2D eigenvalue weighted by Gasteiger charge is -2.11. The Balaban J connectivity index is 1.55. The fourth-order valence-electron chi connectivity index (χ4n) is 3.39. The summed E-state index contributed by atoms with van der Waals surface area (Å²) in [6, 6.07) is 22.9. The van der Waals surface area contributed by atoms with Gasteiger partial charge in [-0.2, -0.15) is 0 Å². The third-order valence-corrected chi connectivity index (χ3v) is 5.13. The molecule has 6 heteroatoms. The van der Waals surface area contributed by atoms with Crippen LogP contribution in [0.3, 0.4) is 0 Å². The molecule has 2 heterocycles. The van der Waals surface area contributed by atoms with Gasteiger partial charge in [0.1, 0.15) is 11.2 Å². The van der Waals surface area contributed by atoms with Crippen LogP contribution in [0.5, 0.6) is 5.75 Å². The number of hydrogen-bond acceptors (Lipinski definition) is 5. The number of carbonyl (C=O) groups is 1. The third kappa shape index (κ3) is 3.60. The van der Waals surface area contributed by atoms with Crippen molar-refractivity contribution in [2.75, 3.05) is 6.61 Å². The third-order valence-electron chi connectivity index (χ3n) is 4.89. The van der Waals surface area contributed by atoms with Crippen LogP contribution in [-0.4, -0.2) is 12.4 Å². The molecule has 0 aliphatic carbocycles. The van der Waals surface area contributed by atoms with Gasteiger partial charge in [0.05, 0.1) is 5.39 Å². The second-order valence-corrected chi connectivity index (χ2v) is 7.39. The van der Waals surface area contributed by atoms with Crippen LogP contribution in [0.4, 0.5) is 0 Å². The smallest absolute Gasteiger partial charge is 0.235 e. The van der Waals surface area contributed by atoms with Gasteiger partial charge in [-0.25, -0.2) is 0 Å². The van der Waals surface area contributed by atoms with Gasteiger partial charge in [-0.15, -0.1) is 0 Å². The minimum atomic E-state index is -0.403. The molecule has 2 aromatic heterocycles. The SMILES string of the molecule is O=C(COc1c(-c2ccccc2)oc2ccc(Cl)cc2c1=O)c1cc2ccccc2o1. The van der Waals surface area contributed by atoms with E-state index in [1.54, 1.807) is 36.4 Å². The second-order valence-electron chi connectivity index (χ2n) is 6.96. The van der Waals surface area contributed by atoms with Gasteiger partial charge < -0.3 is 13.6 Å². The van der Waals surface area contributed by atoms with E-state index in [0.29, 0.717) is 21.8 Å². The molecule has 152 valence electrons. The van der Waals surface area contributed by atoms with Gasteiger partial charge >= 0.3 is 0 Å². The van der Waals surface area contributed by atoms with Crippen molar-refractivity contribution in [3.05, 3.63) is 99.9 Å². The van der Waals surface area contributed by atoms with E-state index in [0.717, 1.165) is 5.39 Å². The summed E-state index contributed by atoms with van der Waals surface area (Å²) < 4.78 is 17.3. The monoisotopic (exact) mass is 430 g/mol. The van der Waals surface area contributed by atoms with E-state index in [2.05, 4.69) is 0 Å². The van der Waals surface area contributed by atoms with Crippen molar-refractivity contribution < 1.29 is 18.4 Å². The number of rotatable bonds is 5. The molecule has 31 heavy (non-hydrogen) atoms. The van der Waals surface area contributed by atoms with Crippen molar-refractivity contribution >= 4 is 39.3 Å².